The molecular formula is C13H19N3O2. The first-order valence-electron chi connectivity index (χ1n) is 6.46. The lowest BCUT2D eigenvalue weighted by atomic mass is 9.95. The monoisotopic (exact) mass is 249 g/mol. The van der Waals surface area contributed by atoms with E-state index < -0.39 is 0 Å². The molecule has 1 aliphatic rings. The van der Waals surface area contributed by atoms with Crippen LogP contribution in [0.4, 0.5) is 0 Å². The highest BCUT2D eigenvalue weighted by Gasteiger charge is 2.20. The molecule has 1 saturated carbocycles. The summed E-state index contributed by atoms with van der Waals surface area (Å²) in [5.41, 5.74) is 0.282. The molecule has 0 atom stereocenters. The molecule has 5 heteroatoms. The molecular weight excluding hydrogens is 230 g/mol. The fourth-order valence-electron chi connectivity index (χ4n) is 2.50. The average Bonchev–Trinajstić information content (AvgIpc) is 2.28. The van der Waals surface area contributed by atoms with Crippen molar-refractivity contribution in [1.82, 2.24) is 15.3 Å². The largest absolute Gasteiger partial charge is 0.349 e. The molecule has 0 radical (unpaired) electrons. The normalized spacial score (nSPS) is 16.6. The lowest BCUT2D eigenvalue weighted by Crippen LogP contribution is -2.39. The van der Waals surface area contributed by atoms with Crippen LogP contribution in [0.5, 0.6) is 0 Å². The van der Waals surface area contributed by atoms with Crippen molar-refractivity contribution >= 4 is 5.91 Å². The molecule has 1 aliphatic carbocycles. The van der Waals surface area contributed by atoms with E-state index in [-0.39, 0.29) is 23.1 Å². The highest BCUT2D eigenvalue weighted by atomic mass is 16.2. The van der Waals surface area contributed by atoms with Crippen LogP contribution in [0.3, 0.4) is 0 Å². The molecule has 0 aliphatic heterocycles. The Morgan fingerprint density at radius 1 is 1.28 bits per heavy atom. The zero-order chi connectivity index (χ0) is 13.1. The Labute approximate surface area is 106 Å². The number of amides is 1. The van der Waals surface area contributed by atoms with Crippen LogP contribution in [0.15, 0.2) is 4.79 Å². The minimum atomic E-state index is -0.353. The Balaban J connectivity index is 2.16. The molecule has 18 heavy (non-hydrogen) atoms. The van der Waals surface area contributed by atoms with E-state index in [2.05, 4.69) is 15.3 Å². The van der Waals surface area contributed by atoms with Gasteiger partial charge < -0.3 is 10.3 Å². The number of carbonyl (C=O) groups excluding carboxylic acids is 1. The van der Waals surface area contributed by atoms with Gasteiger partial charge in [0.15, 0.2) is 0 Å². The summed E-state index contributed by atoms with van der Waals surface area (Å²) in [6, 6.07) is 0.200. The average molecular weight is 249 g/mol. The second-order valence-electron chi connectivity index (χ2n) is 4.92. The standard InChI is InChI=1S/C13H19N3O2/c1-8-11(12(17)15-9(2)14-8)13(18)16-10-6-4-3-5-7-10/h10H,3-7H2,1-2H3,(H,16,18)(H,14,15,17). The van der Waals surface area contributed by atoms with Gasteiger partial charge in [0, 0.05) is 6.04 Å². The van der Waals surface area contributed by atoms with Crippen molar-refractivity contribution in [3.63, 3.8) is 0 Å². The third-order valence-electron chi connectivity index (χ3n) is 3.39. The van der Waals surface area contributed by atoms with Crippen molar-refractivity contribution in [3.05, 3.63) is 27.4 Å². The van der Waals surface area contributed by atoms with E-state index in [4.69, 9.17) is 0 Å². The highest BCUT2D eigenvalue weighted by molar-refractivity contribution is 5.94. The summed E-state index contributed by atoms with van der Waals surface area (Å²) >= 11 is 0. The van der Waals surface area contributed by atoms with Crippen LogP contribution < -0.4 is 10.9 Å². The Hall–Kier alpha value is -1.65. The van der Waals surface area contributed by atoms with Crippen LogP contribution >= 0.6 is 0 Å². The van der Waals surface area contributed by atoms with Crippen molar-refractivity contribution in [2.45, 2.75) is 52.0 Å². The zero-order valence-electron chi connectivity index (χ0n) is 10.9. The SMILES string of the molecule is Cc1nc(C)c(C(=O)NC2CCCCC2)c(=O)[nH]1. The maximum atomic E-state index is 12.1. The minimum Gasteiger partial charge on any atom is -0.349 e. The Morgan fingerprint density at radius 2 is 1.94 bits per heavy atom. The van der Waals surface area contributed by atoms with Gasteiger partial charge in [0.2, 0.25) is 0 Å². The van der Waals surface area contributed by atoms with Crippen LogP contribution in [0, 0.1) is 13.8 Å². The topological polar surface area (TPSA) is 74.8 Å². The first-order chi connectivity index (χ1) is 8.58. The molecule has 0 saturated heterocycles. The van der Waals surface area contributed by atoms with Gasteiger partial charge in [0.25, 0.3) is 11.5 Å². The van der Waals surface area contributed by atoms with E-state index in [0.717, 1.165) is 25.7 Å². The summed E-state index contributed by atoms with van der Waals surface area (Å²) in [6.07, 6.45) is 5.53. The van der Waals surface area contributed by atoms with Crippen LogP contribution in [0.1, 0.15) is 54.0 Å². The number of aryl methyl sites for hydroxylation is 2. The minimum absolute atomic E-state index is 0.145. The predicted octanol–water partition coefficient (Wildman–Crippen LogP) is 1.45. The van der Waals surface area contributed by atoms with Crippen molar-refractivity contribution in [1.29, 1.82) is 0 Å². The van der Waals surface area contributed by atoms with Crippen LogP contribution in [-0.2, 0) is 0 Å². The van der Waals surface area contributed by atoms with Gasteiger partial charge in [-0.1, -0.05) is 19.3 Å². The molecule has 98 valence electrons. The van der Waals surface area contributed by atoms with Crippen molar-refractivity contribution in [2.75, 3.05) is 0 Å². The molecule has 5 nitrogen and oxygen atoms in total. The molecule has 1 fully saturated rings. The lowest BCUT2D eigenvalue weighted by Gasteiger charge is -2.22. The molecule has 0 bridgehead atoms. The maximum absolute atomic E-state index is 12.1. The fraction of sp³-hybridized carbons (Fsp3) is 0.615. The number of hydrogen-bond acceptors (Lipinski definition) is 3. The Morgan fingerprint density at radius 3 is 2.56 bits per heavy atom. The van der Waals surface area contributed by atoms with Gasteiger partial charge in [-0.2, -0.15) is 0 Å². The highest BCUT2D eigenvalue weighted by Crippen LogP contribution is 2.17. The number of H-pyrrole nitrogens is 1. The van der Waals surface area contributed by atoms with Crippen LogP contribution in [0.2, 0.25) is 0 Å². The quantitative estimate of drug-likeness (QED) is 0.833. The summed E-state index contributed by atoms with van der Waals surface area (Å²) in [6.45, 7) is 3.40. The van der Waals surface area contributed by atoms with Gasteiger partial charge in [0.1, 0.15) is 11.4 Å². The second kappa shape index (κ2) is 5.33. The van der Waals surface area contributed by atoms with Crippen molar-refractivity contribution in [3.8, 4) is 0 Å². The Bertz CT molecular complexity index is 501. The van der Waals surface area contributed by atoms with E-state index in [0.29, 0.717) is 11.5 Å². The summed E-state index contributed by atoms with van der Waals surface area (Å²) in [4.78, 5) is 30.6. The molecule has 0 unspecified atom stereocenters. The lowest BCUT2D eigenvalue weighted by molar-refractivity contribution is 0.0925. The summed E-state index contributed by atoms with van der Waals surface area (Å²) in [7, 11) is 0. The zero-order valence-corrected chi connectivity index (χ0v) is 10.9. The molecule has 1 heterocycles. The Kier molecular flexibility index (Phi) is 3.79. The second-order valence-corrected chi connectivity index (χ2v) is 4.92. The molecule has 0 aromatic carbocycles. The molecule has 2 N–H and O–H groups in total. The predicted molar refractivity (Wildman–Crippen MR) is 68.7 cm³/mol. The van der Waals surface area contributed by atoms with E-state index >= 15 is 0 Å². The summed E-state index contributed by atoms with van der Waals surface area (Å²) in [5, 5.41) is 2.94. The van der Waals surface area contributed by atoms with E-state index in [1.54, 1.807) is 13.8 Å². The first-order valence-corrected chi connectivity index (χ1v) is 6.46. The first kappa shape index (κ1) is 12.8. The van der Waals surface area contributed by atoms with Crippen molar-refractivity contribution < 1.29 is 4.79 Å². The third-order valence-corrected chi connectivity index (χ3v) is 3.39. The van der Waals surface area contributed by atoms with Gasteiger partial charge in [-0.3, -0.25) is 9.59 Å². The number of carbonyl (C=O) groups is 1. The summed E-state index contributed by atoms with van der Waals surface area (Å²) in [5.74, 6) is 0.236. The number of hydrogen-bond donors (Lipinski definition) is 2. The van der Waals surface area contributed by atoms with Crippen LogP contribution in [0.25, 0.3) is 0 Å². The van der Waals surface area contributed by atoms with Gasteiger partial charge in [-0.25, -0.2) is 4.98 Å². The van der Waals surface area contributed by atoms with Gasteiger partial charge in [-0.15, -0.1) is 0 Å². The molecule has 2 rings (SSSR count). The number of aromatic nitrogens is 2. The van der Waals surface area contributed by atoms with Crippen molar-refractivity contribution in [2.24, 2.45) is 0 Å². The van der Waals surface area contributed by atoms with E-state index in [1.165, 1.54) is 6.42 Å². The molecule has 1 aromatic heterocycles. The summed E-state index contributed by atoms with van der Waals surface area (Å²) < 4.78 is 0. The van der Waals surface area contributed by atoms with E-state index in [1.807, 2.05) is 0 Å². The van der Waals surface area contributed by atoms with Gasteiger partial charge in [-0.05, 0) is 26.7 Å². The number of aromatic amines is 1. The van der Waals surface area contributed by atoms with E-state index in [9.17, 15) is 9.59 Å². The molecule has 1 amide bonds. The third kappa shape index (κ3) is 2.78. The maximum Gasteiger partial charge on any atom is 0.264 e. The smallest absolute Gasteiger partial charge is 0.264 e. The number of rotatable bonds is 2. The fourth-order valence-corrected chi connectivity index (χ4v) is 2.50. The number of nitrogens with zero attached hydrogens (tertiary/aromatic N) is 1. The van der Waals surface area contributed by atoms with Gasteiger partial charge >= 0.3 is 0 Å². The number of nitrogens with one attached hydrogen (secondary N) is 2. The van der Waals surface area contributed by atoms with Crippen LogP contribution in [-0.4, -0.2) is 21.9 Å². The molecule has 1 aromatic rings. The van der Waals surface area contributed by atoms with Gasteiger partial charge in [0.05, 0.1) is 5.69 Å². The molecule has 0 spiro atoms.